The smallest absolute Gasteiger partial charge is 0.251 e. The van der Waals surface area contributed by atoms with Crippen LogP contribution in [0.2, 0.25) is 0 Å². The third-order valence-corrected chi connectivity index (χ3v) is 6.31. The van der Waals surface area contributed by atoms with Gasteiger partial charge in [0.25, 0.3) is 5.91 Å². The van der Waals surface area contributed by atoms with Gasteiger partial charge in [0.05, 0.1) is 25.3 Å². The molecule has 0 aliphatic carbocycles. The fourth-order valence-corrected chi connectivity index (χ4v) is 4.50. The minimum atomic E-state index is -0.544. The lowest BCUT2D eigenvalue weighted by Gasteiger charge is -2.34. The van der Waals surface area contributed by atoms with Gasteiger partial charge in [-0.2, -0.15) is 0 Å². The number of carbonyl (C=O) groups is 2. The van der Waals surface area contributed by atoms with E-state index in [0.717, 1.165) is 49.4 Å². The number of hydrogen-bond donors (Lipinski definition) is 0. The Morgan fingerprint density at radius 3 is 2.40 bits per heavy atom. The van der Waals surface area contributed by atoms with E-state index in [1.807, 2.05) is 12.1 Å². The quantitative estimate of drug-likeness (QED) is 0.680. The predicted octanol–water partition coefficient (Wildman–Crippen LogP) is 3.81. The van der Waals surface area contributed by atoms with Gasteiger partial charge in [-0.05, 0) is 74.5 Å². The summed E-state index contributed by atoms with van der Waals surface area (Å²) in [5.41, 5.74) is 1.36. The van der Waals surface area contributed by atoms with E-state index in [0.29, 0.717) is 5.92 Å². The molecule has 2 saturated heterocycles. The van der Waals surface area contributed by atoms with E-state index in [1.54, 1.807) is 19.2 Å². The van der Waals surface area contributed by atoms with Crippen molar-refractivity contribution in [2.75, 3.05) is 25.1 Å². The summed E-state index contributed by atoms with van der Waals surface area (Å²) in [4.78, 5) is 28.5. The van der Waals surface area contributed by atoms with E-state index < -0.39 is 11.9 Å². The molecule has 4 rings (SSSR count). The van der Waals surface area contributed by atoms with Crippen molar-refractivity contribution in [3.05, 3.63) is 59.9 Å². The summed E-state index contributed by atoms with van der Waals surface area (Å²) in [7, 11) is 1.67. The Labute approximate surface area is 176 Å². The molecule has 2 amide bonds. The molecule has 158 valence electrons. The standard InChI is InChI=1S/C24H27FN2O3/c1-30-19-10-8-17(9-11-19)6-7-18-12-14-26(15-13-18)22-16-23(28)27(24(22)29)21-5-3-2-4-20(21)25/h2-5,8-11,18,22H,6-7,12-16H2,1H3/t22-/m1/s1. The van der Waals surface area contributed by atoms with Crippen LogP contribution in [-0.4, -0.2) is 43.0 Å². The van der Waals surface area contributed by atoms with Crippen molar-refractivity contribution >= 4 is 17.5 Å². The van der Waals surface area contributed by atoms with Gasteiger partial charge < -0.3 is 4.74 Å². The Bertz CT molecular complexity index is 907. The SMILES string of the molecule is COc1ccc(CCC2CCN([C@@H]3CC(=O)N(c4ccccc4F)C3=O)CC2)cc1. The summed E-state index contributed by atoms with van der Waals surface area (Å²) in [5, 5.41) is 0. The number of halogens is 1. The van der Waals surface area contributed by atoms with Crippen LogP contribution in [0.4, 0.5) is 10.1 Å². The fourth-order valence-electron chi connectivity index (χ4n) is 4.50. The summed E-state index contributed by atoms with van der Waals surface area (Å²) in [5.74, 6) is 0.307. The third kappa shape index (κ3) is 4.24. The van der Waals surface area contributed by atoms with Gasteiger partial charge in [0, 0.05) is 0 Å². The average Bonchev–Trinajstić information content (AvgIpc) is 3.07. The number of ether oxygens (including phenoxy) is 1. The lowest BCUT2D eigenvalue weighted by molar-refractivity contribution is -0.123. The number of anilines is 1. The molecular weight excluding hydrogens is 383 g/mol. The number of piperidine rings is 1. The van der Waals surface area contributed by atoms with Crippen molar-refractivity contribution in [2.24, 2.45) is 5.92 Å². The summed E-state index contributed by atoms with van der Waals surface area (Å²) < 4.78 is 19.3. The molecule has 5 nitrogen and oxygen atoms in total. The molecule has 0 bridgehead atoms. The van der Waals surface area contributed by atoms with E-state index >= 15 is 0 Å². The summed E-state index contributed by atoms with van der Waals surface area (Å²) in [6, 6.07) is 13.7. The van der Waals surface area contributed by atoms with Crippen LogP contribution in [0, 0.1) is 11.7 Å². The number of amides is 2. The zero-order valence-corrected chi connectivity index (χ0v) is 17.2. The van der Waals surface area contributed by atoms with Crippen LogP contribution in [0.15, 0.2) is 48.5 Å². The highest BCUT2D eigenvalue weighted by Gasteiger charge is 2.44. The van der Waals surface area contributed by atoms with Crippen molar-refractivity contribution in [2.45, 2.75) is 38.1 Å². The zero-order chi connectivity index (χ0) is 21.1. The number of rotatable bonds is 6. The number of carbonyl (C=O) groups excluding carboxylic acids is 2. The van der Waals surface area contributed by atoms with Gasteiger partial charge in [-0.1, -0.05) is 24.3 Å². The summed E-state index contributed by atoms with van der Waals surface area (Å²) in [6.07, 6.45) is 4.28. The Morgan fingerprint density at radius 1 is 1.03 bits per heavy atom. The number of likely N-dealkylation sites (tertiary alicyclic amines) is 1. The normalized spacial score (nSPS) is 20.7. The first-order valence-electron chi connectivity index (χ1n) is 10.5. The Hall–Kier alpha value is -2.73. The second kappa shape index (κ2) is 8.96. The molecule has 2 aliphatic rings. The Balaban J connectivity index is 1.31. The molecule has 0 unspecified atom stereocenters. The summed E-state index contributed by atoms with van der Waals surface area (Å²) in [6.45, 7) is 1.59. The van der Waals surface area contributed by atoms with E-state index in [1.165, 1.54) is 17.7 Å². The molecule has 0 spiro atoms. The topological polar surface area (TPSA) is 49.9 Å². The molecule has 0 radical (unpaired) electrons. The van der Waals surface area contributed by atoms with E-state index in [2.05, 4.69) is 17.0 Å². The van der Waals surface area contributed by atoms with E-state index in [4.69, 9.17) is 4.74 Å². The van der Waals surface area contributed by atoms with Crippen molar-refractivity contribution in [3.8, 4) is 5.75 Å². The van der Waals surface area contributed by atoms with E-state index in [-0.39, 0.29) is 23.9 Å². The molecule has 1 atom stereocenters. The minimum absolute atomic E-state index is 0.0596. The lowest BCUT2D eigenvalue weighted by atomic mass is 9.90. The van der Waals surface area contributed by atoms with Crippen LogP contribution in [0.3, 0.4) is 0 Å². The number of imide groups is 1. The van der Waals surface area contributed by atoms with Crippen molar-refractivity contribution in [3.63, 3.8) is 0 Å². The van der Waals surface area contributed by atoms with Gasteiger partial charge >= 0.3 is 0 Å². The second-order valence-electron chi connectivity index (χ2n) is 8.10. The molecule has 6 heteroatoms. The first kappa shape index (κ1) is 20.5. The minimum Gasteiger partial charge on any atom is -0.497 e. The van der Waals surface area contributed by atoms with Gasteiger partial charge in [-0.25, -0.2) is 9.29 Å². The number of hydrogen-bond acceptors (Lipinski definition) is 4. The predicted molar refractivity (Wildman–Crippen MR) is 113 cm³/mol. The number of para-hydroxylation sites is 1. The maximum atomic E-state index is 14.1. The molecule has 2 heterocycles. The van der Waals surface area contributed by atoms with Crippen LogP contribution in [-0.2, 0) is 16.0 Å². The molecular formula is C24H27FN2O3. The number of methoxy groups -OCH3 is 1. The first-order valence-corrected chi connectivity index (χ1v) is 10.5. The van der Waals surface area contributed by atoms with Crippen molar-refractivity contribution in [1.82, 2.24) is 4.90 Å². The van der Waals surface area contributed by atoms with Gasteiger partial charge in [0.2, 0.25) is 5.91 Å². The molecule has 2 aliphatic heterocycles. The van der Waals surface area contributed by atoms with E-state index in [9.17, 15) is 14.0 Å². The molecule has 30 heavy (non-hydrogen) atoms. The maximum Gasteiger partial charge on any atom is 0.251 e. The van der Waals surface area contributed by atoms with Crippen LogP contribution in [0.25, 0.3) is 0 Å². The lowest BCUT2D eigenvalue weighted by Crippen LogP contribution is -2.46. The highest BCUT2D eigenvalue weighted by atomic mass is 19.1. The maximum absolute atomic E-state index is 14.1. The van der Waals surface area contributed by atoms with Crippen molar-refractivity contribution in [1.29, 1.82) is 0 Å². The van der Waals surface area contributed by atoms with Gasteiger partial charge in [-0.15, -0.1) is 0 Å². The van der Waals surface area contributed by atoms with Crippen LogP contribution >= 0.6 is 0 Å². The number of benzene rings is 2. The van der Waals surface area contributed by atoms with Crippen LogP contribution in [0.5, 0.6) is 5.75 Å². The molecule has 0 saturated carbocycles. The molecule has 0 N–H and O–H groups in total. The Kier molecular flexibility index (Phi) is 6.13. The number of aryl methyl sites for hydroxylation is 1. The molecule has 0 aromatic heterocycles. The Morgan fingerprint density at radius 2 is 1.73 bits per heavy atom. The number of nitrogens with zero attached hydrogens (tertiary/aromatic N) is 2. The highest BCUT2D eigenvalue weighted by Crippen LogP contribution is 2.31. The van der Waals surface area contributed by atoms with Crippen molar-refractivity contribution < 1.29 is 18.7 Å². The van der Waals surface area contributed by atoms with Gasteiger partial charge in [-0.3, -0.25) is 14.5 Å². The zero-order valence-electron chi connectivity index (χ0n) is 17.2. The second-order valence-corrected chi connectivity index (χ2v) is 8.10. The first-order chi connectivity index (χ1) is 14.6. The molecule has 2 fully saturated rings. The van der Waals surface area contributed by atoms with Gasteiger partial charge in [0.1, 0.15) is 11.6 Å². The largest absolute Gasteiger partial charge is 0.497 e. The molecule has 2 aromatic rings. The monoisotopic (exact) mass is 410 g/mol. The van der Waals surface area contributed by atoms with Crippen LogP contribution < -0.4 is 9.64 Å². The highest BCUT2D eigenvalue weighted by molar-refractivity contribution is 6.22. The molecule has 2 aromatic carbocycles. The third-order valence-electron chi connectivity index (χ3n) is 6.31. The van der Waals surface area contributed by atoms with Gasteiger partial charge in [0.15, 0.2) is 0 Å². The fraction of sp³-hybridized carbons (Fsp3) is 0.417. The average molecular weight is 410 g/mol. The van der Waals surface area contributed by atoms with Crippen LogP contribution in [0.1, 0.15) is 31.2 Å². The summed E-state index contributed by atoms with van der Waals surface area (Å²) >= 11 is 0.